The smallest absolute Gasteiger partial charge is 0.254 e. The van der Waals surface area contributed by atoms with E-state index in [1.807, 2.05) is 0 Å². The van der Waals surface area contributed by atoms with E-state index in [1.54, 1.807) is 6.07 Å². The maximum Gasteiger partial charge on any atom is 0.254 e. The summed E-state index contributed by atoms with van der Waals surface area (Å²) in [4.78, 5) is 11.4. The topological polar surface area (TPSA) is 42.2 Å². The summed E-state index contributed by atoms with van der Waals surface area (Å²) in [5, 5.41) is 2.86. The summed E-state index contributed by atoms with van der Waals surface area (Å²) < 4.78 is 6.05. The number of alkyl halides is 1. The van der Waals surface area contributed by atoms with Crippen LogP contribution in [0.1, 0.15) is 36.0 Å². The quantitative estimate of drug-likeness (QED) is 0.476. The third-order valence-corrected chi connectivity index (χ3v) is 2.89. The van der Waals surface area contributed by atoms with Crippen molar-refractivity contribution in [3.05, 3.63) is 24.2 Å². The summed E-state index contributed by atoms with van der Waals surface area (Å²) in [5.74, 6) is -0.0439. The van der Waals surface area contributed by atoms with Crippen LogP contribution >= 0.6 is 22.6 Å². The number of rotatable bonds is 7. The first-order valence-electron chi connectivity index (χ1n) is 5.21. The zero-order chi connectivity index (χ0) is 10.9. The summed E-state index contributed by atoms with van der Waals surface area (Å²) in [6.07, 6.45) is 7.75. The van der Waals surface area contributed by atoms with Gasteiger partial charge in [-0.15, -0.1) is 0 Å². The predicted octanol–water partition coefficient (Wildman–Crippen LogP) is 3.00. The third kappa shape index (κ3) is 5.20. The molecule has 0 bridgehead atoms. The van der Waals surface area contributed by atoms with Crippen LogP contribution in [-0.4, -0.2) is 16.9 Å². The molecule has 0 saturated heterocycles. The predicted molar refractivity (Wildman–Crippen MR) is 68.4 cm³/mol. The van der Waals surface area contributed by atoms with Gasteiger partial charge in [0.2, 0.25) is 0 Å². The van der Waals surface area contributed by atoms with Crippen LogP contribution < -0.4 is 5.32 Å². The van der Waals surface area contributed by atoms with Crippen LogP contribution in [0.4, 0.5) is 0 Å². The van der Waals surface area contributed by atoms with Crippen molar-refractivity contribution in [3.8, 4) is 0 Å². The lowest BCUT2D eigenvalue weighted by molar-refractivity contribution is 0.0952. The SMILES string of the molecule is O=C(NCCCCCCI)c1ccoc1. The van der Waals surface area contributed by atoms with Gasteiger partial charge in [-0.1, -0.05) is 35.4 Å². The van der Waals surface area contributed by atoms with Crippen LogP contribution in [0.3, 0.4) is 0 Å². The zero-order valence-electron chi connectivity index (χ0n) is 8.67. The van der Waals surface area contributed by atoms with Crippen molar-refractivity contribution in [1.29, 1.82) is 0 Å². The van der Waals surface area contributed by atoms with Gasteiger partial charge in [0.1, 0.15) is 6.26 Å². The molecule has 0 aliphatic rings. The maximum atomic E-state index is 11.4. The van der Waals surface area contributed by atoms with Crippen LogP contribution in [0.15, 0.2) is 23.0 Å². The van der Waals surface area contributed by atoms with E-state index in [1.165, 1.54) is 36.2 Å². The highest BCUT2D eigenvalue weighted by molar-refractivity contribution is 14.1. The number of carbonyl (C=O) groups excluding carboxylic acids is 1. The molecule has 0 fully saturated rings. The summed E-state index contributed by atoms with van der Waals surface area (Å²) in [6.45, 7) is 0.755. The minimum atomic E-state index is -0.0439. The fourth-order valence-corrected chi connectivity index (χ4v) is 1.81. The first kappa shape index (κ1) is 12.5. The Morgan fingerprint density at radius 2 is 2.13 bits per heavy atom. The molecule has 1 heterocycles. The molecule has 1 N–H and O–H groups in total. The lowest BCUT2D eigenvalue weighted by Crippen LogP contribution is -2.23. The van der Waals surface area contributed by atoms with Crippen LogP contribution in [0.2, 0.25) is 0 Å². The second kappa shape index (κ2) is 7.73. The van der Waals surface area contributed by atoms with E-state index in [-0.39, 0.29) is 5.91 Å². The van der Waals surface area contributed by atoms with Gasteiger partial charge < -0.3 is 9.73 Å². The van der Waals surface area contributed by atoms with E-state index in [0.717, 1.165) is 13.0 Å². The van der Waals surface area contributed by atoms with Gasteiger partial charge in [-0.3, -0.25) is 4.79 Å². The van der Waals surface area contributed by atoms with Gasteiger partial charge in [0, 0.05) is 6.54 Å². The Bertz CT molecular complexity index is 272. The molecule has 0 saturated carbocycles. The Hall–Kier alpha value is -0.520. The lowest BCUT2D eigenvalue weighted by Gasteiger charge is -2.02. The van der Waals surface area contributed by atoms with Crippen molar-refractivity contribution >= 4 is 28.5 Å². The van der Waals surface area contributed by atoms with Gasteiger partial charge in [0.25, 0.3) is 5.91 Å². The maximum absolute atomic E-state index is 11.4. The van der Waals surface area contributed by atoms with Gasteiger partial charge in [-0.25, -0.2) is 0 Å². The first-order valence-corrected chi connectivity index (χ1v) is 6.73. The molecule has 1 aromatic heterocycles. The zero-order valence-corrected chi connectivity index (χ0v) is 10.8. The fraction of sp³-hybridized carbons (Fsp3) is 0.545. The van der Waals surface area contributed by atoms with Crippen molar-refractivity contribution < 1.29 is 9.21 Å². The number of hydrogen-bond acceptors (Lipinski definition) is 2. The Balaban J connectivity index is 2.03. The number of unbranched alkanes of at least 4 members (excludes halogenated alkanes) is 3. The van der Waals surface area contributed by atoms with Crippen molar-refractivity contribution in [3.63, 3.8) is 0 Å². The Labute approximate surface area is 104 Å². The van der Waals surface area contributed by atoms with Gasteiger partial charge in [-0.05, 0) is 23.3 Å². The number of furan rings is 1. The van der Waals surface area contributed by atoms with E-state index in [0.29, 0.717) is 5.56 Å². The van der Waals surface area contributed by atoms with Crippen LogP contribution in [-0.2, 0) is 0 Å². The summed E-state index contributed by atoms with van der Waals surface area (Å²) in [6, 6.07) is 1.67. The second-order valence-corrected chi connectivity index (χ2v) is 4.45. The minimum Gasteiger partial charge on any atom is -0.472 e. The number of carbonyl (C=O) groups is 1. The van der Waals surface area contributed by atoms with Crippen LogP contribution in [0, 0.1) is 0 Å². The average Bonchev–Trinajstić information content (AvgIpc) is 2.76. The van der Waals surface area contributed by atoms with Crippen molar-refractivity contribution in [2.24, 2.45) is 0 Å². The van der Waals surface area contributed by atoms with Gasteiger partial charge >= 0.3 is 0 Å². The van der Waals surface area contributed by atoms with E-state index < -0.39 is 0 Å². The van der Waals surface area contributed by atoms with E-state index in [2.05, 4.69) is 27.9 Å². The van der Waals surface area contributed by atoms with Crippen molar-refractivity contribution in [2.75, 3.05) is 11.0 Å². The molecular weight excluding hydrogens is 305 g/mol. The molecule has 0 unspecified atom stereocenters. The molecule has 1 rings (SSSR count). The number of halogens is 1. The largest absolute Gasteiger partial charge is 0.472 e. The third-order valence-electron chi connectivity index (χ3n) is 2.13. The molecule has 0 aliphatic heterocycles. The minimum absolute atomic E-state index is 0.0439. The van der Waals surface area contributed by atoms with E-state index >= 15 is 0 Å². The standard InChI is InChI=1S/C11H16INO2/c12-6-3-1-2-4-7-13-11(14)10-5-8-15-9-10/h5,8-9H,1-4,6-7H2,(H,13,14). The molecule has 0 atom stereocenters. The molecule has 15 heavy (non-hydrogen) atoms. The summed E-state index contributed by atoms with van der Waals surface area (Å²) in [5.41, 5.74) is 0.599. The van der Waals surface area contributed by atoms with Crippen LogP contribution in [0.5, 0.6) is 0 Å². The first-order chi connectivity index (χ1) is 7.34. The molecule has 3 nitrogen and oxygen atoms in total. The Morgan fingerprint density at radius 1 is 1.33 bits per heavy atom. The molecule has 0 radical (unpaired) electrons. The average molecular weight is 321 g/mol. The highest BCUT2D eigenvalue weighted by atomic mass is 127. The summed E-state index contributed by atoms with van der Waals surface area (Å²) in [7, 11) is 0. The van der Waals surface area contributed by atoms with Crippen molar-refractivity contribution in [2.45, 2.75) is 25.7 Å². The molecule has 84 valence electrons. The molecule has 1 amide bonds. The molecule has 0 aliphatic carbocycles. The number of hydrogen-bond donors (Lipinski definition) is 1. The van der Waals surface area contributed by atoms with Gasteiger partial charge in [-0.2, -0.15) is 0 Å². The molecule has 0 aromatic carbocycles. The molecule has 0 spiro atoms. The van der Waals surface area contributed by atoms with Gasteiger partial charge in [0.15, 0.2) is 0 Å². The molecule has 4 heteroatoms. The highest BCUT2D eigenvalue weighted by Gasteiger charge is 2.04. The van der Waals surface area contributed by atoms with E-state index in [9.17, 15) is 4.79 Å². The highest BCUT2D eigenvalue weighted by Crippen LogP contribution is 2.02. The number of amides is 1. The van der Waals surface area contributed by atoms with Gasteiger partial charge in [0.05, 0.1) is 11.8 Å². The number of nitrogens with one attached hydrogen (secondary N) is 1. The fourth-order valence-electron chi connectivity index (χ4n) is 1.27. The lowest BCUT2D eigenvalue weighted by atomic mass is 10.2. The Morgan fingerprint density at radius 3 is 2.80 bits per heavy atom. The monoisotopic (exact) mass is 321 g/mol. The molecular formula is C11H16INO2. The molecule has 1 aromatic rings. The van der Waals surface area contributed by atoms with E-state index in [4.69, 9.17) is 4.42 Å². The van der Waals surface area contributed by atoms with Crippen LogP contribution in [0.25, 0.3) is 0 Å². The van der Waals surface area contributed by atoms with Crippen molar-refractivity contribution in [1.82, 2.24) is 5.32 Å². The Kier molecular flexibility index (Phi) is 6.47. The normalized spacial score (nSPS) is 10.2. The summed E-state index contributed by atoms with van der Waals surface area (Å²) >= 11 is 2.39. The second-order valence-electron chi connectivity index (χ2n) is 3.37.